The quantitative estimate of drug-likeness (QED) is 0.358. The molecule has 148 valence electrons. The first kappa shape index (κ1) is 20.9. The fourth-order valence-electron chi connectivity index (χ4n) is 2.35. The van der Waals surface area contributed by atoms with E-state index < -0.39 is 15.9 Å². The lowest BCUT2D eigenvalue weighted by atomic mass is 10.2. The highest BCUT2D eigenvalue weighted by Gasteiger charge is 2.17. The Morgan fingerprint density at radius 1 is 0.793 bits per heavy atom. The molecule has 3 rings (SSSR count). The molecule has 0 aliphatic heterocycles. The number of hydrogen-bond acceptors (Lipinski definition) is 3. The van der Waals surface area contributed by atoms with Gasteiger partial charge in [0.1, 0.15) is 0 Å². The summed E-state index contributed by atoms with van der Waals surface area (Å²) < 4.78 is 29.2. The molecule has 0 aliphatic carbocycles. The highest BCUT2D eigenvalue weighted by Crippen LogP contribution is 2.17. The van der Waals surface area contributed by atoms with Crippen molar-refractivity contribution in [2.24, 2.45) is 4.40 Å². The average Bonchev–Trinajstić information content (AvgIpc) is 2.72. The van der Waals surface area contributed by atoms with E-state index in [9.17, 15) is 13.2 Å². The Morgan fingerprint density at radius 2 is 1.41 bits per heavy atom. The van der Waals surface area contributed by atoms with Crippen molar-refractivity contribution in [3.8, 4) is 0 Å². The number of benzene rings is 3. The number of halogens is 2. The molecule has 0 heterocycles. The number of amides is 1. The topological polar surface area (TPSA) is 87.6 Å². The molecule has 0 atom stereocenters. The molecule has 1 amide bonds. The minimum Gasteiger partial charge on any atom is -0.280 e. The normalized spacial score (nSPS) is 11.7. The molecule has 9 heteroatoms. The van der Waals surface area contributed by atoms with Crippen molar-refractivity contribution >= 4 is 45.0 Å². The maximum Gasteiger partial charge on any atom is 0.284 e. The Bertz CT molecular complexity index is 1150. The number of rotatable bonds is 4. The maximum absolute atomic E-state index is 12.7. The lowest BCUT2D eigenvalue weighted by molar-refractivity contribution is 0.0944. The molecular weight excluding hydrogens is 433 g/mol. The van der Waals surface area contributed by atoms with Gasteiger partial charge in [0.2, 0.25) is 0 Å². The third kappa shape index (κ3) is 5.35. The van der Waals surface area contributed by atoms with Gasteiger partial charge >= 0.3 is 0 Å². The first-order valence-corrected chi connectivity index (χ1v) is 10.5. The van der Waals surface area contributed by atoms with Gasteiger partial charge in [0, 0.05) is 10.6 Å². The molecule has 0 radical (unpaired) electrons. The van der Waals surface area contributed by atoms with Crippen LogP contribution in [0.5, 0.6) is 0 Å². The van der Waals surface area contributed by atoms with Crippen LogP contribution in [-0.2, 0) is 10.0 Å². The van der Waals surface area contributed by atoms with Crippen molar-refractivity contribution in [2.75, 3.05) is 0 Å². The Kier molecular flexibility index (Phi) is 6.53. The fraction of sp³-hybridized carbons (Fsp3) is 0. The molecule has 0 aromatic heterocycles. The molecule has 0 aliphatic rings. The summed E-state index contributed by atoms with van der Waals surface area (Å²) in [5.74, 6) is -0.593. The minimum absolute atomic E-state index is 0.0328. The zero-order valence-corrected chi connectivity index (χ0v) is 17.2. The van der Waals surface area contributed by atoms with E-state index in [0.29, 0.717) is 10.6 Å². The van der Waals surface area contributed by atoms with Gasteiger partial charge in [-0.15, -0.1) is 4.40 Å². The summed E-state index contributed by atoms with van der Waals surface area (Å²) in [6.45, 7) is 0. The Labute approximate surface area is 178 Å². The van der Waals surface area contributed by atoms with Crippen molar-refractivity contribution in [2.45, 2.75) is 4.90 Å². The molecule has 3 aromatic rings. The number of nitrogens with zero attached hydrogens (tertiary/aromatic N) is 1. The van der Waals surface area contributed by atoms with Gasteiger partial charge in [-0.05, 0) is 36.4 Å². The molecule has 29 heavy (non-hydrogen) atoms. The number of hydrazine groups is 1. The zero-order chi connectivity index (χ0) is 20.9. The Morgan fingerprint density at radius 3 is 2.07 bits per heavy atom. The van der Waals surface area contributed by atoms with Crippen molar-refractivity contribution < 1.29 is 13.2 Å². The van der Waals surface area contributed by atoms with Crippen molar-refractivity contribution in [3.05, 3.63) is 100 Å². The van der Waals surface area contributed by atoms with Crippen LogP contribution in [0.2, 0.25) is 10.0 Å². The summed E-state index contributed by atoms with van der Waals surface area (Å²) >= 11 is 11.8. The summed E-state index contributed by atoms with van der Waals surface area (Å²) in [4.78, 5) is 12.4. The van der Waals surface area contributed by atoms with Gasteiger partial charge in [0.05, 0.1) is 15.5 Å². The third-order valence-corrected chi connectivity index (χ3v) is 5.66. The van der Waals surface area contributed by atoms with Crippen LogP contribution in [0.15, 0.2) is 88.2 Å². The van der Waals surface area contributed by atoms with Gasteiger partial charge in [-0.3, -0.25) is 15.6 Å². The van der Waals surface area contributed by atoms with Crippen LogP contribution >= 0.6 is 23.2 Å². The van der Waals surface area contributed by atoms with Gasteiger partial charge < -0.3 is 0 Å². The number of nitrogens with one attached hydrogen (secondary N) is 2. The monoisotopic (exact) mass is 447 g/mol. The largest absolute Gasteiger partial charge is 0.284 e. The van der Waals surface area contributed by atoms with Gasteiger partial charge in [-0.25, -0.2) is 0 Å². The second kappa shape index (κ2) is 9.09. The van der Waals surface area contributed by atoms with E-state index in [0.717, 1.165) is 0 Å². The molecule has 0 saturated carbocycles. The van der Waals surface area contributed by atoms with Gasteiger partial charge in [-0.2, -0.15) is 8.42 Å². The minimum atomic E-state index is -4.06. The third-order valence-electron chi connectivity index (χ3n) is 3.78. The van der Waals surface area contributed by atoms with Crippen molar-refractivity contribution in [3.63, 3.8) is 0 Å². The average molecular weight is 448 g/mol. The van der Waals surface area contributed by atoms with Crippen LogP contribution < -0.4 is 10.9 Å². The van der Waals surface area contributed by atoms with E-state index >= 15 is 0 Å². The predicted octanol–water partition coefficient (Wildman–Crippen LogP) is 4.06. The van der Waals surface area contributed by atoms with Crippen LogP contribution in [-0.4, -0.2) is 20.2 Å². The number of sulfonamides is 1. The Hall–Kier alpha value is -2.87. The number of carbonyl (C=O) groups is 1. The standard InChI is InChI=1S/C20H15Cl2N3O3S/c21-15-10-12-16(13-11-15)29(27,28)25-19(14-6-2-1-3-7-14)23-24-20(26)17-8-4-5-9-18(17)22/h1-13H,(H,23,25)(H,24,26). The van der Waals surface area contributed by atoms with Crippen LogP contribution in [0.1, 0.15) is 15.9 Å². The van der Waals surface area contributed by atoms with Gasteiger partial charge in [-0.1, -0.05) is 65.7 Å². The summed E-state index contributed by atoms with van der Waals surface area (Å²) in [6.07, 6.45) is 0. The molecule has 2 N–H and O–H groups in total. The van der Waals surface area contributed by atoms with E-state index in [-0.39, 0.29) is 21.3 Å². The molecule has 0 unspecified atom stereocenters. The second-order valence-electron chi connectivity index (χ2n) is 5.79. The number of amidine groups is 1. The highest BCUT2D eigenvalue weighted by atomic mass is 35.5. The molecule has 3 aromatic carbocycles. The molecule has 0 bridgehead atoms. The second-order valence-corrected chi connectivity index (χ2v) is 8.24. The SMILES string of the molecule is O=C(NN/C(=N/S(=O)(=O)c1ccc(Cl)cc1)c1ccccc1)c1ccccc1Cl. The molecular formula is C20H15Cl2N3O3S. The van der Waals surface area contributed by atoms with E-state index in [1.54, 1.807) is 54.6 Å². The van der Waals surface area contributed by atoms with Crippen LogP contribution in [0.3, 0.4) is 0 Å². The maximum atomic E-state index is 12.7. The first-order chi connectivity index (χ1) is 13.9. The van der Waals surface area contributed by atoms with Crippen LogP contribution in [0.4, 0.5) is 0 Å². The lowest BCUT2D eigenvalue weighted by Crippen LogP contribution is -2.42. The number of hydrogen-bond donors (Lipinski definition) is 2. The summed E-state index contributed by atoms with van der Waals surface area (Å²) in [5.41, 5.74) is 5.71. The van der Waals surface area contributed by atoms with E-state index in [4.69, 9.17) is 23.2 Å². The van der Waals surface area contributed by atoms with E-state index in [2.05, 4.69) is 15.2 Å². The summed E-state index contributed by atoms with van der Waals surface area (Å²) in [5, 5.41) is 0.667. The molecule has 0 spiro atoms. The van der Waals surface area contributed by atoms with Crippen LogP contribution in [0, 0.1) is 0 Å². The van der Waals surface area contributed by atoms with Gasteiger partial charge in [0.15, 0.2) is 5.84 Å². The molecule has 6 nitrogen and oxygen atoms in total. The number of carbonyl (C=O) groups excluding carboxylic acids is 1. The fourth-order valence-corrected chi connectivity index (χ4v) is 3.68. The smallest absolute Gasteiger partial charge is 0.280 e. The first-order valence-electron chi connectivity index (χ1n) is 8.34. The highest BCUT2D eigenvalue weighted by molar-refractivity contribution is 7.90. The molecule has 0 saturated heterocycles. The van der Waals surface area contributed by atoms with Crippen LogP contribution in [0.25, 0.3) is 0 Å². The Balaban J connectivity index is 1.91. The summed E-state index contributed by atoms with van der Waals surface area (Å²) in [6, 6.07) is 20.6. The van der Waals surface area contributed by atoms with Crippen molar-refractivity contribution in [1.82, 2.24) is 10.9 Å². The van der Waals surface area contributed by atoms with Crippen molar-refractivity contribution in [1.29, 1.82) is 0 Å². The predicted molar refractivity (Wildman–Crippen MR) is 114 cm³/mol. The van der Waals surface area contributed by atoms with E-state index in [1.807, 2.05) is 0 Å². The molecule has 0 fully saturated rings. The lowest BCUT2D eigenvalue weighted by Gasteiger charge is -2.12. The van der Waals surface area contributed by atoms with E-state index in [1.165, 1.54) is 24.3 Å². The van der Waals surface area contributed by atoms with Gasteiger partial charge in [0.25, 0.3) is 15.9 Å². The summed E-state index contributed by atoms with van der Waals surface area (Å²) in [7, 11) is -4.06. The zero-order valence-electron chi connectivity index (χ0n) is 14.8.